The maximum Gasteiger partial charge on any atom is 0.240 e. The van der Waals surface area contributed by atoms with Crippen molar-refractivity contribution in [1.29, 1.82) is 0 Å². The molecule has 1 aromatic heterocycles. The summed E-state index contributed by atoms with van der Waals surface area (Å²) in [6.45, 7) is 3.00. The van der Waals surface area contributed by atoms with E-state index in [1.54, 1.807) is 24.3 Å². The highest BCUT2D eigenvalue weighted by molar-refractivity contribution is 7.89. The number of aromatic nitrogens is 1. The molecule has 1 aliphatic rings. The van der Waals surface area contributed by atoms with Crippen LogP contribution in [0.5, 0.6) is 5.75 Å². The van der Waals surface area contributed by atoms with Crippen LogP contribution in [-0.2, 0) is 10.0 Å². The zero-order chi connectivity index (χ0) is 21.8. The molecule has 2 aromatic carbocycles. The van der Waals surface area contributed by atoms with Crippen molar-refractivity contribution >= 4 is 21.0 Å². The highest BCUT2D eigenvalue weighted by Gasteiger charge is 2.25. The summed E-state index contributed by atoms with van der Waals surface area (Å²) in [4.78, 5) is 2.53. The molecule has 0 atom stereocenters. The van der Waals surface area contributed by atoms with Crippen molar-refractivity contribution in [3.8, 4) is 5.75 Å². The third-order valence-electron chi connectivity index (χ3n) is 5.73. The average molecular weight is 448 g/mol. The summed E-state index contributed by atoms with van der Waals surface area (Å²) in [6.07, 6.45) is 2.60. The number of nitrogens with zero attached hydrogens (tertiary/aromatic N) is 2. The van der Waals surface area contributed by atoms with Gasteiger partial charge < -0.3 is 14.2 Å². The third kappa shape index (κ3) is 5.06. The number of benzene rings is 2. The van der Waals surface area contributed by atoms with Crippen molar-refractivity contribution in [2.75, 3.05) is 33.3 Å². The van der Waals surface area contributed by atoms with Crippen molar-refractivity contribution < 1.29 is 22.1 Å². The van der Waals surface area contributed by atoms with Crippen LogP contribution in [0, 0.1) is 5.82 Å². The Balaban J connectivity index is 1.24. The lowest BCUT2D eigenvalue weighted by atomic mass is 9.91. The first-order chi connectivity index (χ1) is 15.0. The molecule has 4 rings (SSSR count). The lowest BCUT2D eigenvalue weighted by Crippen LogP contribution is -2.35. The van der Waals surface area contributed by atoms with Crippen LogP contribution in [0.15, 0.2) is 51.9 Å². The molecule has 0 aliphatic carbocycles. The zero-order valence-corrected chi connectivity index (χ0v) is 18.2. The quantitative estimate of drug-likeness (QED) is 0.532. The van der Waals surface area contributed by atoms with Gasteiger partial charge in [-0.1, -0.05) is 11.2 Å². The summed E-state index contributed by atoms with van der Waals surface area (Å²) < 4.78 is 51.3. The van der Waals surface area contributed by atoms with E-state index in [2.05, 4.69) is 14.8 Å². The number of likely N-dealkylation sites (tertiary alicyclic amines) is 1. The number of rotatable bonds is 8. The van der Waals surface area contributed by atoms with Gasteiger partial charge in [0, 0.05) is 30.0 Å². The number of piperidine rings is 1. The molecular weight excluding hydrogens is 421 g/mol. The second-order valence-electron chi connectivity index (χ2n) is 7.75. The standard InChI is InChI=1S/C22H26FN3O4S/c1-29-18-4-2-5-19(15-18)31(27,28)24-10-3-11-26-12-8-16(9-13-26)22-20-7-6-17(23)14-21(20)30-25-22/h2,4-7,14-16,24H,3,8-13H2,1H3. The van der Waals surface area contributed by atoms with Crippen molar-refractivity contribution in [2.24, 2.45) is 0 Å². The van der Waals surface area contributed by atoms with Gasteiger partial charge in [-0.05, 0) is 63.2 Å². The van der Waals surface area contributed by atoms with E-state index in [0.29, 0.717) is 17.9 Å². The number of sulfonamides is 1. The molecule has 1 saturated heterocycles. The molecule has 1 aliphatic heterocycles. The molecule has 0 unspecified atom stereocenters. The molecule has 0 spiro atoms. The molecule has 0 saturated carbocycles. The Morgan fingerprint density at radius 1 is 1.23 bits per heavy atom. The van der Waals surface area contributed by atoms with E-state index in [9.17, 15) is 12.8 Å². The Labute approximate surface area is 181 Å². The zero-order valence-electron chi connectivity index (χ0n) is 17.4. The molecule has 1 N–H and O–H groups in total. The van der Waals surface area contributed by atoms with E-state index in [1.807, 2.05) is 0 Å². The molecule has 9 heteroatoms. The monoisotopic (exact) mass is 447 g/mol. The van der Waals surface area contributed by atoms with E-state index in [1.165, 1.54) is 25.3 Å². The normalized spacial score (nSPS) is 16.1. The van der Waals surface area contributed by atoms with Crippen LogP contribution in [0.1, 0.15) is 30.9 Å². The minimum atomic E-state index is -3.55. The van der Waals surface area contributed by atoms with E-state index in [-0.39, 0.29) is 16.6 Å². The van der Waals surface area contributed by atoms with E-state index < -0.39 is 10.0 Å². The number of nitrogens with one attached hydrogen (secondary N) is 1. The molecule has 0 radical (unpaired) electrons. The SMILES string of the molecule is COc1cccc(S(=O)(=O)NCCCN2CCC(c3noc4cc(F)ccc34)CC2)c1. The van der Waals surface area contributed by atoms with Gasteiger partial charge in [-0.3, -0.25) is 0 Å². The molecular formula is C22H26FN3O4S. The summed E-state index contributed by atoms with van der Waals surface area (Å²) in [7, 11) is -2.04. The van der Waals surface area contributed by atoms with Crippen molar-refractivity contribution in [3.63, 3.8) is 0 Å². The molecule has 2 heterocycles. The molecule has 3 aromatic rings. The van der Waals surface area contributed by atoms with Crippen LogP contribution in [0.2, 0.25) is 0 Å². The molecule has 166 valence electrons. The van der Waals surface area contributed by atoms with E-state index >= 15 is 0 Å². The lowest BCUT2D eigenvalue weighted by Gasteiger charge is -2.31. The maximum atomic E-state index is 13.3. The Morgan fingerprint density at radius 3 is 2.81 bits per heavy atom. The van der Waals surface area contributed by atoms with Crippen molar-refractivity contribution in [2.45, 2.75) is 30.1 Å². The first-order valence-electron chi connectivity index (χ1n) is 10.4. The Hall–Kier alpha value is -2.49. The first kappa shape index (κ1) is 21.7. The summed E-state index contributed by atoms with van der Waals surface area (Å²) >= 11 is 0. The van der Waals surface area contributed by atoms with Crippen LogP contribution in [-0.4, -0.2) is 51.8 Å². The van der Waals surface area contributed by atoms with Gasteiger partial charge in [0.1, 0.15) is 11.6 Å². The second-order valence-corrected chi connectivity index (χ2v) is 9.52. The number of hydrogen-bond acceptors (Lipinski definition) is 6. The van der Waals surface area contributed by atoms with Gasteiger partial charge in [0.2, 0.25) is 10.0 Å². The summed E-state index contributed by atoms with van der Waals surface area (Å²) in [5.41, 5.74) is 1.39. The molecule has 31 heavy (non-hydrogen) atoms. The fourth-order valence-corrected chi connectivity index (χ4v) is 5.12. The molecule has 0 bridgehead atoms. The largest absolute Gasteiger partial charge is 0.497 e. The first-order valence-corrected chi connectivity index (χ1v) is 11.9. The molecule has 7 nitrogen and oxygen atoms in total. The number of fused-ring (bicyclic) bond motifs is 1. The van der Waals surface area contributed by atoms with Gasteiger partial charge in [-0.15, -0.1) is 0 Å². The average Bonchev–Trinajstić information content (AvgIpc) is 3.20. The van der Waals surface area contributed by atoms with Crippen LogP contribution in [0.3, 0.4) is 0 Å². The van der Waals surface area contributed by atoms with Gasteiger partial charge in [-0.2, -0.15) is 0 Å². The van der Waals surface area contributed by atoms with Crippen LogP contribution >= 0.6 is 0 Å². The van der Waals surface area contributed by atoms with Crippen molar-refractivity contribution in [1.82, 2.24) is 14.8 Å². The lowest BCUT2D eigenvalue weighted by molar-refractivity contribution is 0.208. The van der Waals surface area contributed by atoms with Crippen LogP contribution in [0.4, 0.5) is 4.39 Å². The predicted molar refractivity (Wildman–Crippen MR) is 115 cm³/mol. The van der Waals surface area contributed by atoms with E-state index in [4.69, 9.17) is 9.26 Å². The number of methoxy groups -OCH3 is 1. The third-order valence-corrected chi connectivity index (χ3v) is 7.19. The minimum absolute atomic E-state index is 0.201. The summed E-state index contributed by atoms with van der Waals surface area (Å²) in [6, 6.07) is 11.0. The van der Waals surface area contributed by atoms with Gasteiger partial charge in [0.25, 0.3) is 0 Å². The number of ether oxygens (including phenoxy) is 1. The summed E-state index contributed by atoms with van der Waals surface area (Å²) in [5.74, 6) is 0.470. The van der Waals surface area contributed by atoms with Gasteiger partial charge in [-0.25, -0.2) is 17.5 Å². The van der Waals surface area contributed by atoms with Crippen LogP contribution < -0.4 is 9.46 Å². The summed E-state index contributed by atoms with van der Waals surface area (Å²) in [5, 5.41) is 5.06. The Kier molecular flexibility index (Phi) is 6.54. The fourth-order valence-electron chi connectivity index (χ4n) is 4.02. The smallest absolute Gasteiger partial charge is 0.240 e. The topological polar surface area (TPSA) is 84.7 Å². The van der Waals surface area contributed by atoms with E-state index in [0.717, 1.165) is 50.0 Å². The highest BCUT2D eigenvalue weighted by atomic mass is 32.2. The minimum Gasteiger partial charge on any atom is -0.497 e. The Morgan fingerprint density at radius 2 is 2.03 bits per heavy atom. The number of halogens is 1. The van der Waals surface area contributed by atoms with Crippen molar-refractivity contribution in [3.05, 3.63) is 54.0 Å². The van der Waals surface area contributed by atoms with Gasteiger partial charge >= 0.3 is 0 Å². The van der Waals surface area contributed by atoms with Gasteiger partial charge in [0.05, 0.1) is 17.7 Å². The molecule has 1 fully saturated rings. The maximum absolute atomic E-state index is 13.3. The molecule has 0 amide bonds. The fraction of sp³-hybridized carbons (Fsp3) is 0.409. The second kappa shape index (κ2) is 9.33. The number of hydrogen-bond donors (Lipinski definition) is 1. The predicted octanol–water partition coefficient (Wildman–Crippen LogP) is 3.52. The Bertz CT molecular complexity index is 1140. The highest BCUT2D eigenvalue weighted by Crippen LogP contribution is 2.32. The van der Waals surface area contributed by atoms with Crippen LogP contribution in [0.25, 0.3) is 11.0 Å². The van der Waals surface area contributed by atoms with Gasteiger partial charge in [0.15, 0.2) is 5.58 Å².